The number of hydrogen-bond donors (Lipinski definition) is 1. The van der Waals surface area contributed by atoms with Crippen LogP contribution in [0.5, 0.6) is 0 Å². The molecular formula is C15H21F3N2. The zero-order valence-electron chi connectivity index (χ0n) is 11.9. The molecule has 1 aromatic rings. The molecule has 1 aliphatic heterocycles. The van der Waals surface area contributed by atoms with Crippen molar-refractivity contribution < 1.29 is 13.2 Å². The van der Waals surface area contributed by atoms with Gasteiger partial charge in [0.15, 0.2) is 0 Å². The predicted molar refractivity (Wildman–Crippen MR) is 74.9 cm³/mol. The molecule has 0 spiro atoms. The lowest BCUT2D eigenvalue weighted by atomic mass is 9.99. The fourth-order valence-electron chi connectivity index (χ4n) is 2.96. The first kappa shape index (κ1) is 15.2. The Labute approximate surface area is 117 Å². The summed E-state index contributed by atoms with van der Waals surface area (Å²) < 4.78 is 39.5. The van der Waals surface area contributed by atoms with Crippen LogP contribution in [0.4, 0.5) is 18.9 Å². The maximum Gasteiger partial charge on any atom is 0.416 e. The standard InChI is InChI=1S/C15H21F3N2/c1-14(2)7-3-9-20(14)12-5-4-11(6-8-19)13(10-12)15(16,17)18/h4-5,10H,3,6-9,19H2,1-2H3. The summed E-state index contributed by atoms with van der Waals surface area (Å²) >= 11 is 0. The molecule has 2 rings (SSSR count). The molecule has 5 heteroatoms. The van der Waals surface area contributed by atoms with Crippen molar-refractivity contribution in [2.45, 2.75) is 44.8 Å². The zero-order valence-corrected chi connectivity index (χ0v) is 11.9. The number of nitrogens with two attached hydrogens (primary N) is 1. The van der Waals surface area contributed by atoms with Crippen molar-refractivity contribution in [1.29, 1.82) is 0 Å². The van der Waals surface area contributed by atoms with Crippen LogP contribution in [0.3, 0.4) is 0 Å². The minimum atomic E-state index is -4.33. The molecule has 2 nitrogen and oxygen atoms in total. The monoisotopic (exact) mass is 286 g/mol. The van der Waals surface area contributed by atoms with Gasteiger partial charge in [-0.05, 0) is 57.4 Å². The van der Waals surface area contributed by atoms with Crippen LogP contribution in [0.15, 0.2) is 18.2 Å². The second kappa shape index (κ2) is 5.28. The summed E-state index contributed by atoms with van der Waals surface area (Å²) in [5.41, 5.74) is 5.69. The predicted octanol–water partition coefficient (Wildman–Crippen LogP) is 3.59. The van der Waals surface area contributed by atoms with Crippen LogP contribution in [0.25, 0.3) is 0 Å². The molecule has 0 aromatic heterocycles. The van der Waals surface area contributed by atoms with E-state index in [-0.39, 0.29) is 24.1 Å². The molecule has 1 saturated heterocycles. The molecule has 0 aliphatic carbocycles. The number of nitrogens with zero attached hydrogens (tertiary/aromatic N) is 1. The van der Waals surface area contributed by atoms with E-state index in [0.717, 1.165) is 19.4 Å². The largest absolute Gasteiger partial charge is 0.416 e. The SMILES string of the molecule is CC1(C)CCCN1c1ccc(CCN)c(C(F)(F)F)c1. The number of alkyl halides is 3. The maximum atomic E-state index is 13.2. The fourth-order valence-corrected chi connectivity index (χ4v) is 2.96. The highest BCUT2D eigenvalue weighted by atomic mass is 19.4. The van der Waals surface area contributed by atoms with Crippen LogP contribution in [0.1, 0.15) is 37.8 Å². The summed E-state index contributed by atoms with van der Waals surface area (Å²) in [6.07, 6.45) is -2.07. The van der Waals surface area contributed by atoms with Crippen molar-refractivity contribution in [3.63, 3.8) is 0 Å². The molecule has 1 aromatic carbocycles. The lowest BCUT2D eigenvalue weighted by molar-refractivity contribution is -0.138. The fraction of sp³-hybridized carbons (Fsp3) is 0.600. The first-order valence-corrected chi connectivity index (χ1v) is 6.93. The van der Waals surface area contributed by atoms with E-state index in [1.54, 1.807) is 12.1 Å². The van der Waals surface area contributed by atoms with Crippen LogP contribution >= 0.6 is 0 Å². The first-order chi connectivity index (χ1) is 9.25. The van der Waals surface area contributed by atoms with Crippen molar-refractivity contribution in [3.05, 3.63) is 29.3 Å². The van der Waals surface area contributed by atoms with E-state index in [2.05, 4.69) is 18.7 Å². The minimum Gasteiger partial charge on any atom is -0.366 e. The van der Waals surface area contributed by atoms with Gasteiger partial charge in [-0.3, -0.25) is 0 Å². The number of benzene rings is 1. The van der Waals surface area contributed by atoms with Crippen molar-refractivity contribution in [2.75, 3.05) is 18.0 Å². The highest BCUT2D eigenvalue weighted by Crippen LogP contribution is 2.38. The summed E-state index contributed by atoms with van der Waals surface area (Å²) in [6.45, 7) is 5.17. The van der Waals surface area contributed by atoms with Gasteiger partial charge >= 0.3 is 6.18 Å². The summed E-state index contributed by atoms with van der Waals surface area (Å²) in [7, 11) is 0. The van der Waals surface area contributed by atoms with Gasteiger partial charge in [0.05, 0.1) is 5.56 Å². The van der Waals surface area contributed by atoms with Gasteiger partial charge in [0, 0.05) is 17.8 Å². The lowest BCUT2D eigenvalue weighted by Gasteiger charge is -2.34. The topological polar surface area (TPSA) is 29.3 Å². The smallest absolute Gasteiger partial charge is 0.366 e. The quantitative estimate of drug-likeness (QED) is 0.920. The van der Waals surface area contributed by atoms with Crippen LogP contribution in [-0.4, -0.2) is 18.6 Å². The number of anilines is 1. The molecule has 1 fully saturated rings. The first-order valence-electron chi connectivity index (χ1n) is 6.93. The van der Waals surface area contributed by atoms with Gasteiger partial charge in [-0.1, -0.05) is 6.07 Å². The number of rotatable bonds is 3. The molecule has 0 radical (unpaired) electrons. The van der Waals surface area contributed by atoms with E-state index in [9.17, 15) is 13.2 Å². The van der Waals surface area contributed by atoms with Crippen LogP contribution in [0.2, 0.25) is 0 Å². The normalized spacial score (nSPS) is 18.6. The lowest BCUT2D eigenvalue weighted by Crippen LogP contribution is -2.38. The van der Waals surface area contributed by atoms with Crippen LogP contribution < -0.4 is 10.6 Å². The third-order valence-corrected chi connectivity index (χ3v) is 4.03. The second-order valence-corrected chi connectivity index (χ2v) is 5.95. The summed E-state index contributed by atoms with van der Waals surface area (Å²) in [5, 5.41) is 0. The second-order valence-electron chi connectivity index (χ2n) is 5.95. The molecule has 20 heavy (non-hydrogen) atoms. The molecule has 112 valence electrons. The van der Waals surface area contributed by atoms with Crippen molar-refractivity contribution in [1.82, 2.24) is 0 Å². The molecule has 1 aliphatic rings. The molecular weight excluding hydrogens is 265 g/mol. The highest BCUT2D eigenvalue weighted by Gasteiger charge is 2.36. The number of hydrogen-bond acceptors (Lipinski definition) is 2. The van der Waals surface area contributed by atoms with Crippen molar-refractivity contribution in [3.8, 4) is 0 Å². The van der Waals surface area contributed by atoms with Gasteiger partial charge in [0.25, 0.3) is 0 Å². The van der Waals surface area contributed by atoms with Gasteiger partial charge in [-0.15, -0.1) is 0 Å². The van der Waals surface area contributed by atoms with E-state index in [0.29, 0.717) is 5.69 Å². The highest BCUT2D eigenvalue weighted by molar-refractivity contribution is 5.54. The van der Waals surface area contributed by atoms with E-state index < -0.39 is 11.7 Å². The zero-order chi connectivity index (χ0) is 15.0. The Bertz CT molecular complexity index is 480. The summed E-state index contributed by atoms with van der Waals surface area (Å²) in [5.74, 6) is 0. The van der Waals surface area contributed by atoms with Crippen LogP contribution in [-0.2, 0) is 12.6 Å². The molecule has 0 amide bonds. The summed E-state index contributed by atoms with van der Waals surface area (Å²) in [4.78, 5) is 2.06. The van der Waals surface area contributed by atoms with Gasteiger partial charge in [0.1, 0.15) is 0 Å². The Hall–Kier alpha value is -1.23. The third-order valence-electron chi connectivity index (χ3n) is 4.03. The average molecular weight is 286 g/mol. The van der Waals surface area contributed by atoms with E-state index >= 15 is 0 Å². The molecule has 0 unspecified atom stereocenters. The number of halogens is 3. The van der Waals surface area contributed by atoms with Gasteiger partial charge in [-0.2, -0.15) is 13.2 Å². The van der Waals surface area contributed by atoms with E-state index in [1.807, 2.05) is 0 Å². The van der Waals surface area contributed by atoms with E-state index in [4.69, 9.17) is 5.73 Å². The Morgan fingerprint density at radius 3 is 2.50 bits per heavy atom. The van der Waals surface area contributed by atoms with Gasteiger partial charge in [-0.25, -0.2) is 0 Å². The minimum absolute atomic E-state index is 0.0851. The molecule has 1 heterocycles. The Morgan fingerprint density at radius 2 is 2.00 bits per heavy atom. The van der Waals surface area contributed by atoms with Crippen molar-refractivity contribution >= 4 is 5.69 Å². The molecule has 2 N–H and O–H groups in total. The maximum absolute atomic E-state index is 13.2. The molecule has 0 saturated carbocycles. The van der Waals surface area contributed by atoms with Gasteiger partial charge in [0.2, 0.25) is 0 Å². The molecule has 0 bridgehead atoms. The Morgan fingerprint density at radius 1 is 1.30 bits per heavy atom. The van der Waals surface area contributed by atoms with Gasteiger partial charge < -0.3 is 10.6 Å². The molecule has 0 atom stereocenters. The third kappa shape index (κ3) is 2.92. The summed E-state index contributed by atoms with van der Waals surface area (Å²) in [6, 6.07) is 4.63. The van der Waals surface area contributed by atoms with E-state index in [1.165, 1.54) is 6.07 Å². The average Bonchev–Trinajstić information content (AvgIpc) is 2.68. The Balaban J connectivity index is 2.42. The van der Waals surface area contributed by atoms with Crippen molar-refractivity contribution in [2.24, 2.45) is 5.73 Å². The Kier molecular flexibility index (Phi) is 4.00. The van der Waals surface area contributed by atoms with Crippen LogP contribution in [0, 0.1) is 0 Å².